The van der Waals surface area contributed by atoms with Crippen LogP contribution >= 0.6 is 11.8 Å². The van der Waals surface area contributed by atoms with E-state index < -0.39 is 6.04 Å². The quantitative estimate of drug-likeness (QED) is 0.584. The molecule has 0 radical (unpaired) electrons. The van der Waals surface area contributed by atoms with Crippen LogP contribution in [0.2, 0.25) is 0 Å². The summed E-state index contributed by atoms with van der Waals surface area (Å²) in [6, 6.07) is -0.539. The van der Waals surface area contributed by atoms with Crippen LogP contribution in [-0.4, -0.2) is 34.4 Å². The summed E-state index contributed by atoms with van der Waals surface area (Å²) in [5.74, 6) is 0.386. The molecule has 1 heterocycles. The van der Waals surface area contributed by atoms with Crippen molar-refractivity contribution in [1.82, 2.24) is 9.55 Å². The molecule has 0 spiro atoms. The summed E-state index contributed by atoms with van der Waals surface area (Å²) in [4.78, 5) is 15.1. The highest BCUT2D eigenvalue weighted by Gasteiger charge is 2.13. The monoisotopic (exact) mass is 229 g/mol. The summed E-state index contributed by atoms with van der Waals surface area (Å²) in [5.41, 5.74) is 5.59. The van der Waals surface area contributed by atoms with E-state index in [1.807, 2.05) is 17.8 Å². The summed E-state index contributed by atoms with van der Waals surface area (Å²) < 4.78 is 6.45. The van der Waals surface area contributed by atoms with Gasteiger partial charge in [0.25, 0.3) is 0 Å². The number of aryl methyl sites for hydroxylation is 1. The lowest BCUT2D eigenvalue weighted by atomic mass is 10.2. The molecule has 1 rings (SSSR count). The molecule has 0 aliphatic rings. The van der Waals surface area contributed by atoms with Crippen LogP contribution in [-0.2, 0) is 16.6 Å². The van der Waals surface area contributed by atoms with Gasteiger partial charge >= 0.3 is 5.97 Å². The van der Waals surface area contributed by atoms with E-state index in [-0.39, 0.29) is 5.97 Å². The number of hydrogen-bond acceptors (Lipinski definition) is 5. The Kier molecular flexibility index (Phi) is 4.64. The molecule has 6 heteroatoms. The molecule has 5 nitrogen and oxygen atoms in total. The maximum Gasteiger partial charge on any atom is 0.322 e. The fourth-order valence-electron chi connectivity index (χ4n) is 1.04. The first-order chi connectivity index (χ1) is 7.15. The van der Waals surface area contributed by atoms with Crippen LogP contribution < -0.4 is 5.73 Å². The molecule has 0 aromatic carbocycles. The molecule has 1 aromatic heterocycles. The van der Waals surface area contributed by atoms with Gasteiger partial charge in [0.1, 0.15) is 6.04 Å². The number of carbonyl (C=O) groups is 1. The van der Waals surface area contributed by atoms with E-state index in [0.29, 0.717) is 6.42 Å². The number of carbonyl (C=O) groups excluding carboxylic acids is 1. The van der Waals surface area contributed by atoms with Crippen molar-refractivity contribution in [2.75, 3.05) is 12.9 Å². The van der Waals surface area contributed by atoms with Crippen molar-refractivity contribution < 1.29 is 9.53 Å². The van der Waals surface area contributed by atoms with E-state index in [4.69, 9.17) is 5.73 Å². The van der Waals surface area contributed by atoms with Crippen LogP contribution in [0.1, 0.15) is 6.42 Å². The minimum Gasteiger partial charge on any atom is -0.468 e. The van der Waals surface area contributed by atoms with E-state index in [2.05, 4.69) is 9.72 Å². The molecule has 0 aliphatic heterocycles. The van der Waals surface area contributed by atoms with Crippen molar-refractivity contribution in [1.29, 1.82) is 0 Å². The predicted octanol–water partition coefficient (Wildman–Crippen LogP) is 0.403. The Bertz CT molecular complexity index is 327. The van der Waals surface area contributed by atoms with Gasteiger partial charge in [-0.2, -0.15) is 0 Å². The molecule has 1 atom stereocenters. The number of esters is 1. The lowest BCUT2D eigenvalue weighted by Crippen LogP contribution is -2.31. The van der Waals surface area contributed by atoms with E-state index in [9.17, 15) is 4.79 Å². The number of hydrogen-bond donors (Lipinski definition) is 1. The van der Waals surface area contributed by atoms with Gasteiger partial charge in [0.2, 0.25) is 0 Å². The van der Waals surface area contributed by atoms with Gasteiger partial charge in [0.05, 0.1) is 7.11 Å². The molecule has 0 saturated heterocycles. The number of nitrogens with two attached hydrogens (primary N) is 1. The van der Waals surface area contributed by atoms with Gasteiger partial charge in [0.15, 0.2) is 5.16 Å². The molecule has 0 saturated carbocycles. The smallest absolute Gasteiger partial charge is 0.322 e. The van der Waals surface area contributed by atoms with Gasteiger partial charge in [-0.25, -0.2) is 4.98 Å². The summed E-state index contributed by atoms with van der Waals surface area (Å²) in [6.07, 6.45) is 4.20. The lowest BCUT2D eigenvalue weighted by Gasteiger charge is -2.08. The Morgan fingerprint density at radius 2 is 2.53 bits per heavy atom. The highest BCUT2D eigenvalue weighted by molar-refractivity contribution is 7.99. The van der Waals surface area contributed by atoms with E-state index in [0.717, 1.165) is 10.9 Å². The van der Waals surface area contributed by atoms with Crippen molar-refractivity contribution in [2.24, 2.45) is 12.8 Å². The molecule has 0 bridgehead atoms. The van der Waals surface area contributed by atoms with Gasteiger partial charge in [-0.1, -0.05) is 11.8 Å². The Labute approximate surface area is 93.0 Å². The largest absolute Gasteiger partial charge is 0.468 e. The molecule has 2 N–H and O–H groups in total. The molecule has 1 aromatic rings. The van der Waals surface area contributed by atoms with Gasteiger partial charge in [0, 0.05) is 25.2 Å². The van der Waals surface area contributed by atoms with E-state index in [1.165, 1.54) is 7.11 Å². The minimum absolute atomic E-state index is 0.365. The zero-order valence-corrected chi connectivity index (χ0v) is 9.66. The Morgan fingerprint density at radius 1 is 1.80 bits per heavy atom. The number of imidazole rings is 1. The van der Waals surface area contributed by atoms with E-state index >= 15 is 0 Å². The van der Waals surface area contributed by atoms with Crippen molar-refractivity contribution in [3.63, 3.8) is 0 Å². The molecule has 0 fully saturated rings. The van der Waals surface area contributed by atoms with Crippen LogP contribution in [0.5, 0.6) is 0 Å². The first kappa shape index (κ1) is 12.1. The van der Waals surface area contributed by atoms with Crippen LogP contribution in [0.15, 0.2) is 17.6 Å². The van der Waals surface area contributed by atoms with Crippen molar-refractivity contribution >= 4 is 17.7 Å². The molecular weight excluding hydrogens is 214 g/mol. The second-order valence-electron chi connectivity index (χ2n) is 3.09. The minimum atomic E-state index is -0.539. The molecule has 1 unspecified atom stereocenters. The van der Waals surface area contributed by atoms with Gasteiger partial charge in [-0.3, -0.25) is 4.79 Å². The number of rotatable bonds is 5. The topological polar surface area (TPSA) is 70.1 Å². The summed E-state index contributed by atoms with van der Waals surface area (Å²) >= 11 is 1.57. The Hall–Kier alpha value is -1.01. The highest BCUT2D eigenvalue weighted by Crippen LogP contribution is 2.15. The second kappa shape index (κ2) is 5.77. The molecular formula is C9H15N3O2S. The number of methoxy groups -OCH3 is 1. The first-order valence-electron chi connectivity index (χ1n) is 4.58. The molecule has 15 heavy (non-hydrogen) atoms. The number of nitrogens with zero attached hydrogens (tertiary/aromatic N) is 2. The van der Waals surface area contributed by atoms with Gasteiger partial charge in [-0.05, 0) is 6.42 Å². The fourth-order valence-corrected chi connectivity index (χ4v) is 1.99. The lowest BCUT2D eigenvalue weighted by molar-refractivity contribution is -0.142. The fraction of sp³-hybridized carbons (Fsp3) is 0.556. The molecule has 84 valence electrons. The summed E-state index contributed by atoms with van der Waals surface area (Å²) in [5, 5.41) is 0.923. The Balaban J connectivity index is 2.28. The third kappa shape index (κ3) is 3.56. The third-order valence-electron chi connectivity index (χ3n) is 1.94. The maximum absolute atomic E-state index is 11.0. The predicted molar refractivity (Wildman–Crippen MR) is 58.5 cm³/mol. The zero-order valence-electron chi connectivity index (χ0n) is 8.84. The van der Waals surface area contributed by atoms with Crippen molar-refractivity contribution in [2.45, 2.75) is 17.6 Å². The first-order valence-corrected chi connectivity index (χ1v) is 5.57. The summed E-state index contributed by atoms with van der Waals surface area (Å²) in [7, 11) is 3.27. The highest BCUT2D eigenvalue weighted by atomic mass is 32.2. The standard InChI is InChI=1S/C9H15N3O2S/c1-12-5-4-11-9(12)15-6-3-7(10)8(13)14-2/h4-5,7H,3,6,10H2,1-2H3. The summed E-state index contributed by atoms with van der Waals surface area (Å²) in [6.45, 7) is 0. The van der Waals surface area contributed by atoms with Crippen LogP contribution in [0, 0.1) is 0 Å². The average Bonchev–Trinajstić information content (AvgIpc) is 2.63. The maximum atomic E-state index is 11.0. The number of aromatic nitrogens is 2. The van der Waals surface area contributed by atoms with Gasteiger partial charge in [-0.15, -0.1) is 0 Å². The third-order valence-corrected chi connectivity index (χ3v) is 3.03. The van der Waals surface area contributed by atoms with Crippen LogP contribution in [0.25, 0.3) is 0 Å². The van der Waals surface area contributed by atoms with Crippen molar-refractivity contribution in [3.8, 4) is 0 Å². The van der Waals surface area contributed by atoms with Crippen LogP contribution in [0.3, 0.4) is 0 Å². The Morgan fingerprint density at radius 3 is 3.07 bits per heavy atom. The number of ether oxygens (including phenoxy) is 1. The SMILES string of the molecule is COC(=O)C(N)CCSc1nccn1C. The second-order valence-corrected chi connectivity index (χ2v) is 4.15. The zero-order chi connectivity index (χ0) is 11.3. The normalized spacial score (nSPS) is 12.5. The van der Waals surface area contributed by atoms with Gasteiger partial charge < -0.3 is 15.0 Å². The average molecular weight is 229 g/mol. The molecule has 0 aliphatic carbocycles. The van der Waals surface area contributed by atoms with E-state index in [1.54, 1.807) is 18.0 Å². The molecule has 0 amide bonds. The number of thioether (sulfide) groups is 1. The van der Waals surface area contributed by atoms with Crippen molar-refractivity contribution in [3.05, 3.63) is 12.4 Å². The van der Waals surface area contributed by atoms with Crippen LogP contribution in [0.4, 0.5) is 0 Å².